The summed E-state index contributed by atoms with van der Waals surface area (Å²) in [6.45, 7) is 0. The molecular weight excluding hydrogens is 370 g/mol. The smallest absolute Gasteiger partial charge is 0.332 e. The van der Waals surface area contributed by atoms with E-state index in [1.54, 1.807) is 31.4 Å². The molecule has 0 aliphatic rings. The number of ether oxygens (including phenoxy) is 1. The van der Waals surface area contributed by atoms with Gasteiger partial charge in [-0.1, -0.05) is 23.9 Å². The van der Waals surface area contributed by atoms with Crippen LogP contribution in [0.1, 0.15) is 0 Å². The largest absolute Gasteiger partial charge is 0.497 e. The lowest BCUT2D eigenvalue weighted by atomic mass is 10.2. The van der Waals surface area contributed by atoms with Gasteiger partial charge in [-0.2, -0.15) is 0 Å². The monoisotopic (exact) mass is 387 g/mol. The Bertz CT molecular complexity index is 1170. The number of benzene rings is 1. The molecule has 0 unspecified atom stereocenters. The van der Waals surface area contributed by atoms with Crippen LogP contribution in [-0.2, 0) is 18.9 Å². The molecule has 9 nitrogen and oxygen atoms in total. The summed E-state index contributed by atoms with van der Waals surface area (Å²) in [6, 6.07) is 7.08. The number of fused-ring (bicyclic) bond motifs is 1. The van der Waals surface area contributed by atoms with Crippen LogP contribution in [0, 0.1) is 0 Å². The number of primary amides is 1. The molecule has 0 radical (unpaired) electrons. The quantitative estimate of drug-likeness (QED) is 0.493. The van der Waals surface area contributed by atoms with Crippen LogP contribution in [0.25, 0.3) is 22.4 Å². The summed E-state index contributed by atoms with van der Waals surface area (Å²) in [6.07, 6.45) is 0. The van der Waals surface area contributed by atoms with Crippen molar-refractivity contribution >= 4 is 28.7 Å². The second kappa shape index (κ2) is 7.23. The zero-order chi connectivity index (χ0) is 19.7. The maximum absolute atomic E-state index is 12.6. The van der Waals surface area contributed by atoms with Gasteiger partial charge in [0, 0.05) is 19.7 Å². The van der Waals surface area contributed by atoms with E-state index >= 15 is 0 Å². The zero-order valence-electron chi connectivity index (χ0n) is 14.9. The number of aryl methyl sites for hydroxylation is 1. The van der Waals surface area contributed by atoms with Crippen molar-refractivity contribution in [3.63, 3.8) is 0 Å². The van der Waals surface area contributed by atoms with Gasteiger partial charge in [-0.3, -0.25) is 18.7 Å². The number of amides is 1. The van der Waals surface area contributed by atoms with Crippen molar-refractivity contribution in [3.05, 3.63) is 45.1 Å². The Balaban J connectivity index is 2.35. The summed E-state index contributed by atoms with van der Waals surface area (Å²) in [5.74, 6) is 0.309. The number of methoxy groups -OCH3 is 1. The van der Waals surface area contributed by atoms with E-state index in [0.717, 1.165) is 16.3 Å². The van der Waals surface area contributed by atoms with Crippen molar-refractivity contribution < 1.29 is 9.53 Å². The molecule has 0 aliphatic heterocycles. The lowest BCUT2D eigenvalue weighted by Crippen LogP contribution is -2.37. The van der Waals surface area contributed by atoms with Crippen LogP contribution in [0.3, 0.4) is 0 Å². The van der Waals surface area contributed by atoms with E-state index in [2.05, 4.69) is 9.97 Å². The van der Waals surface area contributed by atoms with Gasteiger partial charge in [0.2, 0.25) is 5.91 Å². The Morgan fingerprint density at radius 3 is 2.63 bits per heavy atom. The third-order valence-corrected chi connectivity index (χ3v) is 4.94. The molecule has 10 heteroatoms. The molecule has 2 heterocycles. The van der Waals surface area contributed by atoms with Gasteiger partial charge in [-0.15, -0.1) is 0 Å². The van der Waals surface area contributed by atoms with Crippen LogP contribution in [0.15, 0.2) is 38.9 Å². The van der Waals surface area contributed by atoms with Gasteiger partial charge in [0.15, 0.2) is 11.5 Å². The summed E-state index contributed by atoms with van der Waals surface area (Å²) < 4.78 is 7.47. The molecular formula is C17H17N5O4S. The predicted octanol–water partition coefficient (Wildman–Crippen LogP) is 0.280. The van der Waals surface area contributed by atoms with Gasteiger partial charge >= 0.3 is 5.69 Å². The second-order valence-corrected chi connectivity index (χ2v) is 6.71. The van der Waals surface area contributed by atoms with E-state index in [0.29, 0.717) is 17.1 Å². The van der Waals surface area contributed by atoms with Crippen LogP contribution in [0.2, 0.25) is 0 Å². The first-order chi connectivity index (χ1) is 12.8. The fraction of sp³-hybridized carbons (Fsp3) is 0.235. The van der Waals surface area contributed by atoms with Crippen LogP contribution in [0.5, 0.6) is 5.75 Å². The maximum atomic E-state index is 12.6. The third-order valence-electron chi connectivity index (χ3n) is 3.95. The van der Waals surface area contributed by atoms with Crippen molar-refractivity contribution in [3.8, 4) is 17.1 Å². The number of aromatic nitrogens is 4. The molecule has 0 aliphatic carbocycles. The van der Waals surface area contributed by atoms with Crippen molar-refractivity contribution in [2.75, 3.05) is 12.9 Å². The highest BCUT2D eigenvalue weighted by Gasteiger charge is 2.18. The van der Waals surface area contributed by atoms with E-state index in [1.807, 2.05) is 0 Å². The van der Waals surface area contributed by atoms with E-state index < -0.39 is 17.2 Å². The van der Waals surface area contributed by atoms with Crippen LogP contribution < -0.4 is 21.7 Å². The molecule has 3 aromatic rings. The van der Waals surface area contributed by atoms with E-state index in [9.17, 15) is 14.4 Å². The van der Waals surface area contributed by atoms with E-state index in [1.165, 1.54) is 18.7 Å². The molecule has 2 N–H and O–H groups in total. The summed E-state index contributed by atoms with van der Waals surface area (Å²) in [4.78, 5) is 45.0. The van der Waals surface area contributed by atoms with E-state index in [4.69, 9.17) is 10.5 Å². The van der Waals surface area contributed by atoms with Crippen molar-refractivity contribution in [1.29, 1.82) is 0 Å². The number of carbonyl (C=O) groups is 1. The number of carbonyl (C=O) groups excluding carboxylic acids is 1. The average Bonchev–Trinajstić information content (AvgIpc) is 2.68. The molecule has 0 saturated carbocycles. The highest BCUT2D eigenvalue weighted by Crippen LogP contribution is 2.27. The molecule has 1 amide bonds. The van der Waals surface area contributed by atoms with Gasteiger partial charge < -0.3 is 10.5 Å². The number of nitrogens with zero attached hydrogens (tertiary/aromatic N) is 4. The second-order valence-electron chi connectivity index (χ2n) is 5.74. The van der Waals surface area contributed by atoms with Gasteiger partial charge in [-0.05, 0) is 12.1 Å². The fourth-order valence-corrected chi connectivity index (χ4v) is 3.32. The van der Waals surface area contributed by atoms with Gasteiger partial charge in [-0.25, -0.2) is 14.8 Å². The Kier molecular flexibility index (Phi) is 5.00. The van der Waals surface area contributed by atoms with Gasteiger partial charge in [0.1, 0.15) is 16.2 Å². The lowest BCUT2D eigenvalue weighted by Gasteiger charge is -2.12. The molecule has 0 atom stereocenters. The minimum absolute atomic E-state index is 0.0599. The molecule has 1 aromatic carbocycles. The molecule has 0 spiro atoms. The Hall–Kier alpha value is -3.14. The van der Waals surface area contributed by atoms with E-state index in [-0.39, 0.29) is 21.8 Å². The first-order valence-corrected chi connectivity index (χ1v) is 8.85. The number of hydrogen-bond acceptors (Lipinski definition) is 7. The Morgan fingerprint density at radius 1 is 1.22 bits per heavy atom. The Morgan fingerprint density at radius 2 is 1.96 bits per heavy atom. The predicted molar refractivity (Wildman–Crippen MR) is 102 cm³/mol. The first kappa shape index (κ1) is 18.6. The van der Waals surface area contributed by atoms with Crippen LogP contribution in [-0.4, -0.2) is 37.9 Å². The topological polar surface area (TPSA) is 122 Å². The highest BCUT2D eigenvalue weighted by atomic mass is 32.2. The average molecular weight is 387 g/mol. The van der Waals surface area contributed by atoms with Crippen molar-refractivity contribution in [2.24, 2.45) is 19.8 Å². The summed E-state index contributed by atoms with van der Waals surface area (Å²) in [5.41, 5.74) is 5.03. The maximum Gasteiger partial charge on any atom is 0.332 e. The Labute approximate surface area is 157 Å². The number of thioether (sulfide) groups is 1. The normalized spacial score (nSPS) is 10.9. The molecule has 0 bridgehead atoms. The lowest BCUT2D eigenvalue weighted by molar-refractivity contribution is -0.115. The molecule has 0 fully saturated rings. The standard InChI is InChI=1S/C17H17N5O4S/c1-21-14-12(16(24)22(2)17(21)25)15(27-8-11(18)23)20-13(19-14)9-5-4-6-10(7-9)26-3/h4-7H,8H2,1-3H3,(H2,18,23). The number of rotatable bonds is 5. The molecule has 0 saturated heterocycles. The van der Waals surface area contributed by atoms with Crippen molar-refractivity contribution in [2.45, 2.75) is 5.03 Å². The SMILES string of the molecule is COc1cccc(-c2nc(SCC(N)=O)c3c(=O)n(C)c(=O)n(C)c3n2)c1. The minimum atomic E-state index is -0.545. The molecule has 27 heavy (non-hydrogen) atoms. The number of hydrogen-bond donors (Lipinski definition) is 1. The first-order valence-electron chi connectivity index (χ1n) is 7.86. The minimum Gasteiger partial charge on any atom is -0.497 e. The van der Waals surface area contributed by atoms with Crippen LogP contribution >= 0.6 is 11.8 Å². The highest BCUT2D eigenvalue weighted by molar-refractivity contribution is 8.00. The van der Waals surface area contributed by atoms with Crippen LogP contribution in [0.4, 0.5) is 0 Å². The molecule has 2 aromatic heterocycles. The summed E-state index contributed by atoms with van der Waals surface area (Å²) in [7, 11) is 4.44. The van der Waals surface area contributed by atoms with Gasteiger partial charge in [0.25, 0.3) is 5.56 Å². The zero-order valence-corrected chi connectivity index (χ0v) is 15.7. The molecule has 140 valence electrons. The fourth-order valence-electron chi connectivity index (χ4n) is 2.56. The summed E-state index contributed by atoms with van der Waals surface area (Å²) >= 11 is 1.03. The third kappa shape index (κ3) is 3.43. The van der Waals surface area contributed by atoms with Gasteiger partial charge in [0.05, 0.1) is 12.9 Å². The van der Waals surface area contributed by atoms with Crippen molar-refractivity contribution in [1.82, 2.24) is 19.1 Å². The number of nitrogens with two attached hydrogens (primary N) is 1. The summed E-state index contributed by atoms with van der Waals surface area (Å²) in [5, 5.41) is 0.449. The molecule has 3 rings (SSSR count).